The van der Waals surface area contributed by atoms with Crippen molar-refractivity contribution in [3.05, 3.63) is 29.2 Å². The number of hydrogen-bond donors (Lipinski definition) is 1. The second-order valence-corrected chi connectivity index (χ2v) is 3.67. The van der Waals surface area contributed by atoms with Crippen LogP contribution >= 0.6 is 0 Å². The maximum Gasteiger partial charge on any atom is 0.272 e. The van der Waals surface area contributed by atoms with E-state index in [9.17, 15) is 9.18 Å². The minimum absolute atomic E-state index is 0.267. The van der Waals surface area contributed by atoms with E-state index in [1.54, 1.807) is 27.1 Å². The van der Waals surface area contributed by atoms with E-state index < -0.39 is 0 Å². The largest absolute Gasteiger partial charge is 0.354 e. The Kier molecular flexibility index (Phi) is 2.38. The molecular formula is C11H12FN3O. The van der Waals surface area contributed by atoms with E-state index in [-0.39, 0.29) is 11.7 Å². The van der Waals surface area contributed by atoms with Gasteiger partial charge in [0.1, 0.15) is 5.82 Å². The summed E-state index contributed by atoms with van der Waals surface area (Å²) in [4.78, 5) is 11.6. The van der Waals surface area contributed by atoms with Crippen LogP contribution in [0.5, 0.6) is 0 Å². The molecule has 2 aromatic rings. The molecule has 0 aliphatic heterocycles. The number of carbonyl (C=O) groups excluding carboxylic acids is 1. The number of benzene rings is 1. The Morgan fingerprint density at radius 1 is 1.50 bits per heavy atom. The van der Waals surface area contributed by atoms with Gasteiger partial charge in [-0.15, -0.1) is 0 Å². The van der Waals surface area contributed by atoms with Gasteiger partial charge in [-0.1, -0.05) is 0 Å². The lowest BCUT2D eigenvalue weighted by atomic mass is 10.1. The molecule has 84 valence electrons. The summed E-state index contributed by atoms with van der Waals surface area (Å²) in [6.07, 6.45) is 0. The molecule has 4 nitrogen and oxygen atoms in total. The molecule has 1 aromatic heterocycles. The van der Waals surface area contributed by atoms with Crippen molar-refractivity contribution in [2.45, 2.75) is 6.92 Å². The van der Waals surface area contributed by atoms with Crippen molar-refractivity contribution in [1.29, 1.82) is 0 Å². The summed E-state index contributed by atoms with van der Waals surface area (Å²) in [5.41, 5.74) is 1.44. The first kappa shape index (κ1) is 10.6. The average molecular weight is 221 g/mol. The highest BCUT2D eigenvalue weighted by molar-refractivity contribution is 6.04. The molecule has 0 saturated heterocycles. The summed E-state index contributed by atoms with van der Waals surface area (Å²) < 4.78 is 14.9. The normalized spacial score (nSPS) is 10.8. The van der Waals surface area contributed by atoms with Gasteiger partial charge in [-0.2, -0.15) is 5.10 Å². The Balaban J connectivity index is 2.78. The second kappa shape index (κ2) is 3.59. The van der Waals surface area contributed by atoms with Crippen molar-refractivity contribution in [3.63, 3.8) is 0 Å². The predicted molar refractivity (Wildman–Crippen MR) is 58.8 cm³/mol. The van der Waals surface area contributed by atoms with Crippen molar-refractivity contribution < 1.29 is 9.18 Å². The first-order valence-electron chi connectivity index (χ1n) is 4.89. The van der Waals surface area contributed by atoms with Crippen LogP contribution in [0.2, 0.25) is 0 Å². The lowest BCUT2D eigenvalue weighted by molar-refractivity contribution is 0.0959. The van der Waals surface area contributed by atoms with Crippen LogP contribution in [0.15, 0.2) is 12.1 Å². The van der Waals surface area contributed by atoms with Crippen molar-refractivity contribution >= 4 is 16.8 Å². The molecule has 0 unspecified atom stereocenters. The molecule has 1 heterocycles. The number of nitrogens with one attached hydrogen (secondary N) is 1. The number of carbonyl (C=O) groups is 1. The molecule has 0 aliphatic rings. The first-order valence-corrected chi connectivity index (χ1v) is 4.89. The van der Waals surface area contributed by atoms with Gasteiger partial charge in [-0.3, -0.25) is 9.48 Å². The van der Waals surface area contributed by atoms with Gasteiger partial charge in [0, 0.05) is 25.5 Å². The third kappa shape index (κ3) is 1.44. The smallest absolute Gasteiger partial charge is 0.272 e. The molecule has 0 radical (unpaired) electrons. The zero-order valence-electron chi connectivity index (χ0n) is 9.34. The highest BCUT2D eigenvalue weighted by Gasteiger charge is 2.16. The lowest BCUT2D eigenvalue weighted by Crippen LogP contribution is -2.18. The summed E-state index contributed by atoms with van der Waals surface area (Å²) in [5.74, 6) is -0.560. The van der Waals surface area contributed by atoms with E-state index >= 15 is 0 Å². The van der Waals surface area contributed by atoms with Gasteiger partial charge < -0.3 is 5.32 Å². The molecule has 16 heavy (non-hydrogen) atoms. The van der Waals surface area contributed by atoms with E-state index in [0.717, 1.165) is 0 Å². The summed E-state index contributed by atoms with van der Waals surface area (Å²) in [5, 5.41) is 7.26. The fourth-order valence-corrected chi connectivity index (χ4v) is 1.67. The van der Waals surface area contributed by atoms with Crippen LogP contribution in [0, 0.1) is 12.7 Å². The van der Waals surface area contributed by atoms with Crippen LogP contribution in [0.25, 0.3) is 10.9 Å². The summed E-state index contributed by atoms with van der Waals surface area (Å²) >= 11 is 0. The number of amides is 1. The molecule has 2 rings (SSSR count). The number of hydrogen-bond acceptors (Lipinski definition) is 2. The van der Waals surface area contributed by atoms with E-state index in [1.807, 2.05) is 0 Å². The maximum absolute atomic E-state index is 13.4. The first-order chi connectivity index (χ1) is 7.54. The SMILES string of the molecule is CNC(=O)c1nn(C)c2cc(F)c(C)cc12. The monoisotopic (exact) mass is 221 g/mol. The number of fused-ring (bicyclic) bond motifs is 1. The van der Waals surface area contributed by atoms with Gasteiger partial charge in [0.2, 0.25) is 0 Å². The number of aromatic nitrogens is 2. The molecule has 0 atom stereocenters. The van der Waals surface area contributed by atoms with Crippen LogP contribution in [0.4, 0.5) is 4.39 Å². The minimum Gasteiger partial charge on any atom is -0.354 e. The lowest BCUT2D eigenvalue weighted by Gasteiger charge is -1.98. The molecule has 1 aromatic carbocycles. The summed E-state index contributed by atoms with van der Waals surface area (Å²) in [6, 6.07) is 3.03. The van der Waals surface area contributed by atoms with Crippen LogP contribution < -0.4 is 5.32 Å². The Bertz CT molecular complexity index is 574. The van der Waals surface area contributed by atoms with E-state index in [4.69, 9.17) is 0 Å². The third-order valence-electron chi connectivity index (χ3n) is 2.57. The van der Waals surface area contributed by atoms with E-state index in [1.165, 1.54) is 10.7 Å². The van der Waals surface area contributed by atoms with Gasteiger partial charge in [0.15, 0.2) is 5.69 Å². The summed E-state index contributed by atoms with van der Waals surface area (Å²) in [6.45, 7) is 1.66. The molecule has 0 saturated carbocycles. The summed E-state index contributed by atoms with van der Waals surface area (Å²) in [7, 11) is 3.22. The van der Waals surface area contributed by atoms with E-state index in [2.05, 4.69) is 10.4 Å². The molecule has 0 bridgehead atoms. The van der Waals surface area contributed by atoms with Crippen molar-refractivity contribution in [2.75, 3.05) is 7.05 Å². The molecule has 1 N–H and O–H groups in total. The van der Waals surface area contributed by atoms with Crippen molar-refractivity contribution in [1.82, 2.24) is 15.1 Å². The zero-order valence-corrected chi connectivity index (χ0v) is 9.34. The molecule has 0 spiro atoms. The number of nitrogens with zero attached hydrogens (tertiary/aromatic N) is 2. The maximum atomic E-state index is 13.4. The minimum atomic E-state index is -0.293. The van der Waals surface area contributed by atoms with Gasteiger partial charge in [-0.05, 0) is 18.6 Å². The predicted octanol–water partition coefficient (Wildman–Crippen LogP) is 1.38. The highest BCUT2D eigenvalue weighted by Crippen LogP contribution is 2.21. The number of halogens is 1. The molecule has 5 heteroatoms. The Labute approximate surface area is 92.1 Å². The van der Waals surface area contributed by atoms with Crippen LogP contribution in [-0.4, -0.2) is 22.7 Å². The van der Waals surface area contributed by atoms with Crippen LogP contribution in [0.1, 0.15) is 16.1 Å². The fourth-order valence-electron chi connectivity index (χ4n) is 1.67. The average Bonchev–Trinajstić information content (AvgIpc) is 2.56. The van der Waals surface area contributed by atoms with Crippen LogP contribution in [0.3, 0.4) is 0 Å². The Morgan fingerprint density at radius 3 is 2.81 bits per heavy atom. The second-order valence-electron chi connectivity index (χ2n) is 3.67. The van der Waals surface area contributed by atoms with Crippen molar-refractivity contribution in [3.8, 4) is 0 Å². The van der Waals surface area contributed by atoms with Gasteiger partial charge >= 0.3 is 0 Å². The number of aryl methyl sites for hydroxylation is 2. The topological polar surface area (TPSA) is 46.9 Å². The van der Waals surface area contributed by atoms with Gasteiger partial charge in [0.25, 0.3) is 5.91 Å². The molecule has 0 fully saturated rings. The fraction of sp³-hybridized carbons (Fsp3) is 0.273. The standard InChI is InChI=1S/C11H12FN3O/c1-6-4-7-9(5-8(6)12)15(3)14-10(7)11(16)13-2/h4-5H,1-3H3,(H,13,16). The quantitative estimate of drug-likeness (QED) is 0.790. The molecule has 1 amide bonds. The Morgan fingerprint density at radius 2 is 2.19 bits per heavy atom. The Hall–Kier alpha value is -1.91. The third-order valence-corrected chi connectivity index (χ3v) is 2.57. The van der Waals surface area contributed by atoms with Crippen LogP contribution in [-0.2, 0) is 7.05 Å². The molecule has 0 aliphatic carbocycles. The number of rotatable bonds is 1. The van der Waals surface area contributed by atoms with E-state index in [0.29, 0.717) is 22.2 Å². The highest BCUT2D eigenvalue weighted by atomic mass is 19.1. The molecular weight excluding hydrogens is 209 g/mol. The van der Waals surface area contributed by atoms with Crippen molar-refractivity contribution in [2.24, 2.45) is 7.05 Å². The van der Waals surface area contributed by atoms with Gasteiger partial charge in [0.05, 0.1) is 5.52 Å². The zero-order chi connectivity index (χ0) is 11.9. The van der Waals surface area contributed by atoms with Gasteiger partial charge in [-0.25, -0.2) is 4.39 Å².